The van der Waals surface area contributed by atoms with Gasteiger partial charge >= 0.3 is 0 Å². The van der Waals surface area contributed by atoms with Gasteiger partial charge in [-0.05, 0) is 79.4 Å². The molecule has 0 heterocycles. The van der Waals surface area contributed by atoms with Crippen molar-refractivity contribution in [2.45, 2.75) is 65.2 Å². The normalized spacial score (nSPS) is 55.4. The minimum absolute atomic E-state index is 0.696. The van der Waals surface area contributed by atoms with Crippen LogP contribution in [-0.2, 0) is 0 Å². The van der Waals surface area contributed by atoms with Crippen molar-refractivity contribution >= 4 is 0 Å². The van der Waals surface area contributed by atoms with Crippen LogP contribution in [0.4, 0.5) is 0 Å². The maximum absolute atomic E-state index is 2.58. The van der Waals surface area contributed by atoms with Crippen molar-refractivity contribution in [2.24, 2.45) is 40.9 Å². The molecule has 0 N–H and O–H groups in total. The second-order valence-electron chi connectivity index (χ2n) is 8.28. The molecule has 5 fully saturated rings. The summed E-state index contributed by atoms with van der Waals surface area (Å²) in [6.07, 6.45) is 12.7. The van der Waals surface area contributed by atoms with Gasteiger partial charge in [0.1, 0.15) is 0 Å². The van der Waals surface area contributed by atoms with Gasteiger partial charge in [-0.1, -0.05) is 26.7 Å². The Kier molecular flexibility index (Phi) is 2.25. The lowest BCUT2D eigenvalue weighted by molar-refractivity contribution is 0.0290. The summed E-state index contributed by atoms with van der Waals surface area (Å²) in [7, 11) is 0. The van der Waals surface area contributed by atoms with Crippen molar-refractivity contribution < 1.29 is 0 Å². The molecule has 5 rings (SSSR count). The highest BCUT2D eigenvalue weighted by molar-refractivity contribution is 5.06. The predicted molar refractivity (Wildman–Crippen MR) is 71.7 cm³/mol. The number of hydrogen-bond acceptors (Lipinski definition) is 0. The van der Waals surface area contributed by atoms with Crippen molar-refractivity contribution in [1.82, 2.24) is 0 Å². The summed E-state index contributed by atoms with van der Waals surface area (Å²) in [4.78, 5) is 0. The molecule has 0 radical (unpaired) electrons. The largest absolute Gasteiger partial charge is 0.0594 e. The van der Waals surface area contributed by atoms with Crippen molar-refractivity contribution in [2.75, 3.05) is 0 Å². The third kappa shape index (κ3) is 1.42. The number of hydrogen-bond donors (Lipinski definition) is 0. The Balaban J connectivity index is 1.57. The Labute approximate surface area is 107 Å². The van der Waals surface area contributed by atoms with Gasteiger partial charge in [-0.2, -0.15) is 0 Å². The molecule has 0 nitrogen and oxygen atoms in total. The molecule has 17 heavy (non-hydrogen) atoms. The molecule has 0 aliphatic heterocycles. The molecule has 5 aliphatic carbocycles. The van der Waals surface area contributed by atoms with E-state index in [1.807, 2.05) is 0 Å². The first-order valence-corrected chi connectivity index (χ1v) is 8.16. The van der Waals surface area contributed by atoms with E-state index in [0.717, 1.165) is 35.5 Å². The Morgan fingerprint density at radius 1 is 0.765 bits per heavy atom. The summed E-state index contributed by atoms with van der Waals surface area (Å²) in [6, 6.07) is 0. The molecule has 4 atom stereocenters. The molecule has 4 bridgehead atoms. The fourth-order valence-electron chi connectivity index (χ4n) is 6.53. The lowest BCUT2D eigenvalue weighted by Gasteiger charge is -2.47. The topological polar surface area (TPSA) is 0 Å². The summed E-state index contributed by atoms with van der Waals surface area (Å²) in [5.41, 5.74) is 0.696. The molecular weight excluding hydrogens is 204 g/mol. The van der Waals surface area contributed by atoms with Crippen molar-refractivity contribution in [3.8, 4) is 0 Å². The van der Waals surface area contributed by atoms with Crippen LogP contribution in [0.3, 0.4) is 0 Å². The van der Waals surface area contributed by atoms with Gasteiger partial charge in [-0.15, -0.1) is 0 Å². The average Bonchev–Trinajstić information content (AvgIpc) is 2.79. The Morgan fingerprint density at radius 2 is 1.53 bits per heavy atom. The Hall–Kier alpha value is 0. The zero-order valence-electron chi connectivity index (χ0n) is 11.6. The minimum Gasteiger partial charge on any atom is -0.0594 e. The van der Waals surface area contributed by atoms with Crippen LogP contribution in [-0.4, -0.2) is 0 Å². The second-order valence-corrected chi connectivity index (χ2v) is 8.28. The summed E-state index contributed by atoms with van der Waals surface area (Å²) in [5, 5.41) is 0. The lowest BCUT2D eigenvalue weighted by atomic mass is 9.58. The lowest BCUT2D eigenvalue weighted by Crippen LogP contribution is -2.38. The summed E-state index contributed by atoms with van der Waals surface area (Å²) < 4.78 is 0. The van der Waals surface area contributed by atoms with Gasteiger partial charge in [0.2, 0.25) is 0 Å². The van der Waals surface area contributed by atoms with Crippen molar-refractivity contribution in [3.05, 3.63) is 0 Å². The van der Waals surface area contributed by atoms with E-state index < -0.39 is 0 Å². The summed E-state index contributed by atoms with van der Waals surface area (Å²) in [6.45, 7) is 5.16. The maximum Gasteiger partial charge on any atom is -0.0295 e. The number of rotatable bonds is 1. The van der Waals surface area contributed by atoms with Crippen LogP contribution in [0.15, 0.2) is 0 Å². The molecule has 0 amide bonds. The van der Waals surface area contributed by atoms with Crippen LogP contribution in [0.2, 0.25) is 0 Å². The first-order chi connectivity index (χ1) is 8.16. The van der Waals surface area contributed by atoms with E-state index in [9.17, 15) is 0 Å². The second kappa shape index (κ2) is 3.52. The zero-order chi connectivity index (χ0) is 11.6. The van der Waals surface area contributed by atoms with Gasteiger partial charge < -0.3 is 0 Å². The van der Waals surface area contributed by atoms with Crippen LogP contribution in [0.5, 0.6) is 0 Å². The third-order valence-corrected chi connectivity index (χ3v) is 7.56. The van der Waals surface area contributed by atoms with E-state index in [4.69, 9.17) is 0 Å². The van der Waals surface area contributed by atoms with Crippen LogP contribution in [0, 0.1) is 40.9 Å². The Bertz CT molecular complexity index is 308. The molecule has 5 aliphatic rings. The third-order valence-electron chi connectivity index (χ3n) is 7.56. The van der Waals surface area contributed by atoms with Crippen LogP contribution < -0.4 is 0 Å². The summed E-state index contributed by atoms with van der Waals surface area (Å²) in [5.74, 6) is 6.73. The smallest absolute Gasteiger partial charge is 0.0295 e. The van der Waals surface area contributed by atoms with Gasteiger partial charge in [-0.25, -0.2) is 0 Å². The van der Waals surface area contributed by atoms with Gasteiger partial charge in [-0.3, -0.25) is 0 Å². The van der Waals surface area contributed by atoms with E-state index >= 15 is 0 Å². The average molecular weight is 232 g/mol. The van der Waals surface area contributed by atoms with E-state index in [1.165, 1.54) is 0 Å². The highest BCUT2D eigenvalue weighted by Gasteiger charge is 2.56. The van der Waals surface area contributed by atoms with E-state index in [2.05, 4.69) is 13.8 Å². The molecule has 0 heteroatoms. The van der Waals surface area contributed by atoms with Crippen molar-refractivity contribution in [3.63, 3.8) is 0 Å². The maximum atomic E-state index is 2.58. The van der Waals surface area contributed by atoms with Crippen LogP contribution >= 0.6 is 0 Å². The molecule has 0 aromatic heterocycles. The van der Waals surface area contributed by atoms with Crippen LogP contribution in [0.1, 0.15) is 65.2 Å². The Morgan fingerprint density at radius 3 is 2.00 bits per heavy atom. The minimum atomic E-state index is 0.696. The molecule has 96 valence electrons. The number of fused-ring (bicyclic) bond motifs is 5. The molecular formula is C17H28. The quantitative estimate of drug-likeness (QED) is 0.604. The molecule has 5 saturated carbocycles. The van der Waals surface area contributed by atoms with Gasteiger partial charge in [0.05, 0.1) is 0 Å². The van der Waals surface area contributed by atoms with E-state index in [0.29, 0.717) is 5.41 Å². The molecule has 0 aromatic carbocycles. The molecule has 4 unspecified atom stereocenters. The molecule has 0 aromatic rings. The van der Waals surface area contributed by atoms with E-state index in [1.54, 1.807) is 51.4 Å². The van der Waals surface area contributed by atoms with Crippen molar-refractivity contribution in [1.29, 1.82) is 0 Å². The van der Waals surface area contributed by atoms with Gasteiger partial charge in [0.25, 0.3) is 0 Å². The first kappa shape index (κ1) is 10.9. The SMILES string of the molecule is CC1(C)C2CCC1C(C1CC3CCC1CC3)C2. The first-order valence-electron chi connectivity index (χ1n) is 8.16. The molecule has 0 spiro atoms. The highest BCUT2D eigenvalue weighted by Crippen LogP contribution is 2.65. The van der Waals surface area contributed by atoms with Gasteiger partial charge in [0.15, 0.2) is 0 Å². The van der Waals surface area contributed by atoms with Crippen LogP contribution in [0.25, 0.3) is 0 Å². The van der Waals surface area contributed by atoms with E-state index in [-0.39, 0.29) is 0 Å². The predicted octanol–water partition coefficient (Wildman–Crippen LogP) is 4.89. The summed E-state index contributed by atoms with van der Waals surface area (Å²) >= 11 is 0. The monoisotopic (exact) mass is 232 g/mol. The molecule has 0 saturated heterocycles. The fourth-order valence-corrected chi connectivity index (χ4v) is 6.53. The van der Waals surface area contributed by atoms with Gasteiger partial charge in [0, 0.05) is 0 Å². The fraction of sp³-hybridized carbons (Fsp3) is 1.00. The zero-order valence-corrected chi connectivity index (χ0v) is 11.6. The highest BCUT2D eigenvalue weighted by atomic mass is 14.6. The standard InChI is InChI=1S/C17H28/c1-17(2)13-7-8-16(17)15(10-13)14-9-11-3-5-12(14)6-4-11/h11-16H,3-10H2,1-2H3.